The molecular weight excluding hydrogens is 430 g/mol. The third-order valence-electron chi connectivity index (χ3n) is 7.90. The Labute approximate surface area is 194 Å². The van der Waals surface area contributed by atoms with Crippen LogP contribution in [0, 0.1) is 11.8 Å². The van der Waals surface area contributed by atoms with E-state index < -0.39 is 47.0 Å². The molecule has 10 nitrogen and oxygen atoms in total. The number of hydrogen-bond acceptors (Lipinski definition) is 7. The van der Waals surface area contributed by atoms with E-state index in [0.29, 0.717) is 45.7 Å². The lowest BCUT2D eigenvalue weighted by atomic mass is 9.66. The number of carbonyl (C=O) groups is 3. The van der Waals surface area contributed by atoms with Crippen LogP contribution in [0.2, 0.25) is 0 Å². The first kappa shape index (κ1) is 24.1. The highest BCUT2D eigenvalue weighted by atomic mass is 16.5. The van der Waals surface area contributed by atoms with E-state index in [0.717, 1.165) is 13.1 Å². The average molecular weight is 466 g/mol. The molecule has 33 heavy (non-hydrogen) atoms. The molecule has 6 atom stereocenters. The maximum absolute atomic E-state index is 14.0. The summed E-state index contributed by atoms with van der Waals surface area (Å²) in [6.45, 7) is 11.2. The number of hydrogen-bond donors (Lipinski definition) is 2. The van der Waals surface area contributed by atoms with Gasteiger partial charge in [0.15, 0.2) is 0 Å². The third-order valence-corrected chi connectivity index (χ3v) is 7.90. The van der Waals surface area contributed by atoms with Crippen molar-refractivity contribution in [2.24, 2.45) is 11.8 Å². The van der Waals surface area contributed by atoms with Crippen LogP contribution >= 0.6 is 0 Å². The zero-order chi connectivity index (χ0) is 24.0. The molecule has 2 unspecified atom stereocenters. The Morgan fingerprint density at radius 1 is 1.33 bits per heavy atom. The van der Waals surface area contributed by atoms with E-state index in [4.69, 9.17) is 9.47 Å². The van der Waals surface area contributed by atoms with Gasteiger partial charge in [-0.25, -0.2) is 0 Å². The second-order valence-corrected chi connectivity index (χ2v) is 9.87. The van der Waals surface area contributed by atoms with Crippen molar-refractivity contribution in [2.45, 2.75) is 50.0 Å². The van der Waals surface area contributed by atoms with Gasteiger partial charge in [-0.1, -0.05) is 6.08 Å². The van der Waals surface area contributed by atoms with E-state index >= 15 is 0 Å². The molecule has 0 aromatic heterocycles. The van der Waals surface area contributed by atoms with Gasteiger partial charge >= 0.3 is 5.97 Å². The SMILES string of the molecule is C=CCN(CCN1CCOCC1)C(=O)C1N([C@H](C)CO)C(=O)[C@@H]2[C@@H](C(=O)O)[C@@]3(C)CCC12O3. The molecule has 4 saturated heterocycles. The number of aliphatic hydroxyl groups excluding tert-OH is 1. The minimum absolute atomic E-state index is 0.283. The predicted octanol–water partition coefficient (Wildman–Crippen LogP) is -0.437. The highest BCUT2D eigenvalue weighted by molar-refractivity contribution is 5.98. The first-order chi connectivity index (χ1) is 15.7. The van der Waals surface area contributed by atoms with Crippen molar-refractivity contribution in [2.75, 3.05) is 52.5 Å². The van der Waals surface area contributed by atoms with Crippen molar-refractivity contribution in [1.29, 1.82) is 0 Å². The standard InChI is InChI=1S/C23H35N3O7/c1-4-7-25(9-8-24-10-12-32-13-11-24)20(29)18-23-6-5-22(3,33-23)17(21(30)31)16(23)19(28)26(18)15(2)14-27/h4,15-18,27H,1,5-14H2,2-3H3,(H,30,31)/t15-,16+,17+,18?,22-,23?/m1/s1. The average Bonchev–Trinajstić information content (AvgIpc) is 3.37. The Kier molecular flexibility index (Phi) is 6.56. The summed E-state index contributed by atoms with van der Waals surface area (Å²) in [5.74, 6) is -3.75. The fourth-order valence-corrected chi connectivity index (χ4v) is 6.29. The number of ether oxygens (including phenoxy) is 2. The van der Waals surface area contributed by atoms with Crippen molar-refractivity contribution in [3.63, 3.8) is 0 Å². The maximum atomic E-state index is 14.0. The Morgan fingerprint density at radius 2 is 2.03 bits per heavy atom. The van der Waals surface area contributed by atoms with Gasteiger partial charge in [-0.2, -0.15) is 0 Å². The van der Waals surface area contributed by atoms with Crippen LogP contribution in [0.1, 0.15) is 26.7 Å². The summed E-state index contributed by atoms with van der Waals surface area (Å²) in [6, 6.07) is -1.62. The smallest absolute Gasteiger partial charge is 0.310 e. The summed E-state index contributed by atoms with van der Waals surface area (Å²) < 4.78 is 11.8. The maximum Gasteiger partial charge on any atom is 0.310 e. The quantitative estimate of drug-likeness (QED) is 0.440. The second kappa shape index (κ2) is 8.98. The predicted molar refractivity (Wildman–Crippen MR) is 117 cm³/mol. The topological polar surface area (TPSA) is 120 Å². The number of aliphatic hydroxyl groups is 1. The second-order valence-electron chi connectivity index (χ2n) is 9.87. The van der Waals surface area contributed by atoms with Crippen LogP contribution in [0.15, 0.2) is 12.7 Å². The van der Waals surface area contributed by atoms with Gasteiger partial charge in [-0.05, 0) is 26.7 Å². The van der Waals surface area contributed by atoms with Crippen molar-refractivity contribution >= 4 is 17.8 Å². The molecule has 184 valence electrons. The molecule has 0 aliphatic carbocycles. The number of fused-ring (bicyclic) bond motifs is 1. The molecule has 0 saturated carbocycles. The molecule has 4 heterocycles. The minimum Gasteiger partial charge on any atom is -0.481 e. The largest absolute Gasteiger partial charge is 0.481 e. The van der Waals surface area contributed by atoms with E-state index in [9.17, 15) is 24.6 Å². The van der Waals surface area contributed by atoms with Crippen LogP contribution in [0.25, 0.3) is 0 Å². The minimum atomic E-state index is -1.20. The monoisotopic (exact) mass is 465 g/mol. The lowest BCUT2D eigenvalue weighted by Crippen LogP contribution is -2.59. The molecule has 2 N–H and O–H groups in total. The fraction of sp³-hybridized carbons (Fsp3) is 0.783. The number of carboxylic acids is 1. The number of nitrogens with zero attached hydrogens (tertiary/aromatic N) is 3. The number of rotatable bonds is 9. The van der Waals surface area contributed by atoms with Gasteiger partial charge in [0.25, 0.3) is 0 Å². The number of carboxylic acid groups (broad SMARTS) is 1. The molecule has 4 fully saturated rings. The van der Waals surface area contributed by atoms with Crippen molar-refractivity contribution < 1.29 is 34.1 Å². The van der Waals surface area contributed by atoms with Gasteiger partial charge in [-0.3, -0.25) is 19.3 Å². The first-order valence-electron chi connectivity index (χ1n) is 11.8. The van der Waals surface area contributed by atoms with Gasteiger partial charge in [0, 0.05) is 32.7 Å². The van der Waals surface area contributed by atoms with Crippen LogP contribution < -0.4 is 0 Å². The molecule has 2 bridgehead atoms. The van der Waals surface area contributed by atoms with Crippen LogP contribution in [-0.4, -0.2) is 119 Å². The van der Waals surface area contributed by atoms with Crippen LogP contribution in [0.3, 0.4) is 0 Å². The lowest BCUT2D eigenvalue weighted by Gasteiger charge is -2.39. The molecule has 4 aliphatic rings. The Morgan fingerprint density at radius 3 is 2.64 bits per heavy atom. The van der Waals surface area contributed by atoms with E-state index in [1.54, 1.807) is 24.8 Å². The van der Waals surface area contributed by atoms with Crippen molar-refractivity contribution in [3.8, 4) is 0 Å². The highest BCUT2D eigenvalue weighted by Gasteiger charge is 2.78. The summed E-state index contributed by atoms with van der Waals surface area (Å²) in [4.78, 5) is 45.1. The van der Waals surface area contributed by atoms with Crippen LogP contribution in [0.4, 0.5) is 0 Å². The molecule has 2 amide bonds. The summed E-state index contributed by atoms with van der Waals surface area (Å²) >= 11 is 0. The molecule has 0 radical (unpaired) electrons. The fourth-order valence-electron chi connectivity index (χ4n) is 6.29. The normalized spacial score (nSPS) is 36.6. The zero-order valence-corrected chi connectivity index (χ0v) is 19.4. The highest BCUT2D eigenvalue weighted by Crippen LogP contribution is 2.63. The zero-order valence-electron chi connectivity index (χ0n) is 19.4. The van der Waals surface area contributed by atoms with Crippen molar-refractivity contribution in [3.05, 3.63) is 12.7 Å². The van der Waals surface area contributed by atoms with E-state index in [-0.39, 0.29) is 12.5 Å². The van der Waals surface area contributed by atoms with Crippen molar-refractivity contribution in [1.82, 2.24) is 14.7 Å². The van der Waals surface area contributed by atoms with Gasteiger partial charge in [0.1, 0.15) is 11.6 Å². The molecule has 4 rings (SSSR count). The summed E-state index contributed by atoms with van der Waals surface area (Å²) in [5.41, 5.74) is -2.19. The van der Waals surface area contributed by atoms with Crippen LogP contribution in [-0.2, 0) is 23.9 Å². The summed E-state index contributed by atoms with van der Waals surface area (Å²) in [5, 5.41) is 19.8. The molecular formula is C23H35N3O7. The Balaban J connectivity index is 1.66. The van der Waals surface area contributed by atoms with E-state index in [2.05, 4.69) is 11.5 Å². The summed E-state index contributed by atoms with van der Waals surface area (Å²) in [7, 11) is 0. The first-order valence-corrected chi connectivity index (χ1v) is 11.8. The van der Waals surface area contributed by atoms with Crippen LogP contribution in [0.5, 0.6) is 0 Å². The van der Waals surface area contributed by atoms with E-state index in [1.807, 2.05) is 0 Å². The van der Waals surface area contributed by atoms with Gasteiger partial charge < -0.3 is 29.5 Å². The van der Waals surface area contributed by atoms with Gasteiger partial charge in [0.05, 0.1) is 43.3 Å². The molecule has 1 spiro atoms. The Hall–Kier alpha value is -2.01. The van der Waals surface area contributed by atoms with Gasteiger partial charge in [0.2, 0.25) is 11.8 Å². The van der Waals surface area contributed by atoms with E-state index in [1.165, 1.54) is 4.90 Å². The number of likely N-dealkylation sites (tertiary alicyclic amines) is 1. The number of morpholine rings is 1. The Bertz CT molecular complexity index is 816. The number of carbonyl (C=O) groups excluding carboxylic acids is 2. The molecule has 0 aromatic carbocycles. The molecule has 4 aliphatic heterocycles. The summed E-state index contributed by atoms with van der Waals surface area (Å²) in [6.07, 6.45) is 2.55. The lowest BCUT2D eigenvalue weighted by molar-refractivity contribution is -0.158. The number of aliphatic carboxylic acids is 1. The number of amides is 2. The molecule has 10 heteroatoms. The molecule has 0 aromatic rings. The third kappa shape index (κ3) is 3.77. The van der Waals surface area contributed by atoms with Gasteiger partial charge in [-0.15, -0.1) is 6.58 Å².